The fourth-order valence-corrected chi connectivity index (χ4v) is 3.52. The van der Waals surface area contributed by atoms with Crippen molar-refractivity contribution in [1.82, 2.24) is 0 Å². The number of nitrogens with one attached hydrogen (secondary N) is 1. The topological polar surface area (TPSA) is 49.4 Å². The van der Waals surface area contributed by atoms with Gasteiger partial charge in [-0.2, -0.15) is 13.2 Å². The van der Waals surface area contributed by atoms with Crippen molar-refractivity contribution in [3.63, 3.8) is 0 Å². The Kier molecular flexibility index (Phi) is 4.61. The molecular formula is C23H17F3N2O2. The van der Waals surface area contributed by atoms with Gasteiger partial charge >= 0.3 is 6.18 Å². The van der Waals surface area contributed by atoms with Crippen molar-refractivity contribution in [3.8, 4) is 11.1 Å². The van der Waals surface area contributed by atoms with E-state index in [0.29, 0.717) is 22.4 Å². The lowest BCUT2D eigenvalue weighted by Gasteiger charge is -2.19. The lowest BCUT2D eigenvalue weighted by atomic mass is 10.0. The van der Waals surface area contributed by atoms with Crippen molar-refractivity contribution in [2.45, 2.75) is 6.18 Å². The second-order valence-corrected chi connectivity index (χ2v) is 7.21. The molecule has 0 fully saturated rings. The number of benzene rings is 3. The van der Waals surface area contributed by atoms with Crippen LogP contribution in [0.4, 0.5) is 24.5 Å². The van der Waals surface area contributed by atoms with Crippen LogP contribution in [0.3, 0.4) is 0 Å². The number of fused-ring (bicyclic) bond motifs is 3. The van der Waals surface area contributed by atoms with Gasteiger partial charge in [-0.1, -0.05) is 30.3 Å². The number of carbonyl (C=O) groups is 2. The van der Waals surface area contributed by atoms with Gasteiger partial charge < -0.3 is 10.2 Å². The Labute approximate surface area is 170 Å². The van der Waals surface area contributed by atoms with Crippen LogP contribution in [0.25, 0.3) is 11.1 Å². The van der Waals surface area contributed by atoms with Crippen molar-refractivity contribution in [2.75, 3.05) is 24.3 Å². The van der Waals surface area contributed by atoms with Gasteiger partial charge in [0.05, 0.1) is 11.3 Å². The van der Waals surface area contributed by atoms with E-state index in [4.69, 9.17) is 0 Å². The van der Waals surface area contributed by atoms with E-state index in [9.17, 15) is 22.8 Å². The minimum absolute atomic E-state index is 0.111. The summed E-state index contributed by atoms with van der Waals surface area (Å²) in [6, 6.07) is 15.4. The van der Waals surface area contributed by atoms with Gasteiger partial charge in [-0.3, -0.25) is 9.59 Å². The zero-order valence-corrected chi connectivity index (χ0v) is 16.2. The fraction of sp³-hybridized carbons (Fsp3) is 0.130. The maximum atomic E-state index is 13.5. The summed E-state index contributed by atoms with van der Waals surface area (Å²) in [5, 5.41) is 2.34. The molecule has 4 nitrogen and oxygen atoms in total. The minimum atomic E-state index is -4.63. The molecule has 3 aromatic rings. The normalized spacial score (nSPS) is 12.4. The summed E-state index contributed by atoms with van der Waals surface area (Å²) in [5.41, 5.74) is 1.59. The summed E-state index contributed by atoms with van der Waals surface area (Å²) in [5.74, 6) is -0.925. The molecule has 0 saturated carbocycles. The van der Waals surface area contributed by atoms with Gasteiger partial charge in [0.25, 0.3) is 5.91 Å². The minimum Gasteiger partial charge on any atom is -0.378 e. The van der Waals surface area contributed by atoms with E-state index in [1.165, 1.54) is 24.3 Å². The molecule has 0 aromatic heterocycles. The van der Waals surface area contributed by atoms with E-state index < -0.39 is 17.6 Å². The molecule has 1 aliphatic carbocycles. The number of carbonyl (C=O) groups excluding carboxylic acids is 2. The van der Waals surface area contributed by atoms with Crippen molar-refractivity contribution in [3.05, 3.63) is 82.9 Å². The second kappa shape index (κ2) is 7.02. The first-order valence-corrected chi connectivity index (χ1v) is 9.15. The molecule has 0 spiro atoms. The molecule has 0 aliphatic heterocycles. The van der Waals surface area contributed by atoms with Crippen molar-refractivity contribution in [1.29, 1.82) is 0 Å². The first kappa shape index (κ1) is 19.7. The Hall–Kier alpha value is -3.61. The first-order valence-electron chi connectivity index (χ1n) is 9.15. The van der Waals surface area contributed by atoms with Crippen LogP contribution >= 0.6 is 0 Å². The van der Waals surface area contributed by atoms with E-state index in [-0.39, 0.29) is 17.0 Å². The Balaban J connectivity index is 1.67. The highest BCUT2D eigenvalue weighted by Gasteiger charge is 2.35. The molecule has 0 bridgehead atoms. The van der Waals surface area contributed by atoms with Gasteiger partial charge in [-0.05, 0) is 41.5 Å². The highest BCUT2D eigenvalue weighted by atomic mass is 19.4. The first-order chi connectivity index (χ1) is 14.2. The van der Waals surface area contributed by atoms with Crippen LogP contribution in [0.15, 0.2) is 60.7 Å². The SMILES string of the molecule is CN(C)c1ccc(NC(=O)c2ccc3c(c2)C(=O)c2ccccc2-3)c(C(F)(F)F)c1. The van der Waals surface area contributed by atoms with Crippen LogP contribution in [-0.4, -0.2) is 25.8 Å². The number of nitrogens with zero attached hydrogens (tertiary/aromatic N) is 1. The number of rotatable bonds is 3. The number of halogens is 3. The van der Waals surface area contributed by atoms with Crippen molar-refractivity contribution < 1.29 is 22.8 Å². The quantitative estimate of drug-likeness (QED) is 0.503. The van der Waals surface area contributed by atoms with Crippen LogP contribution in [0.1, 0.15) is 31.8 Å². The third-order valence-corrected chi connectivity index (χ3v) is 5.06. The van der Waals surface area contributed by atoms with Gasteiger partial charge in [0.15, 0.2) is 5.78 Å². The summed E-state index contributed by atoms with van der Waals surface area (Å²) >= 11 is 0. The third kappa shape index (κ3) is 3.32. The van der Waals surface area contributed by atoms with E-state index in [0.717, 1.165) is 11.6 Å². The van der Waals surface area contributed by atoms with E-state index in [2.05, 4.69) is 5.32 Å². The van der Waals surface area contributed by atoms with Crippen LogP contribution in [-0.2, 0) is 6.18 Å². The summed E-state index contributed by atoms with van der Waals surface area (Å²) in [7, 11) is 3.26. The highest BCUT2D eigenvalue weighted by molar-refractivity contribution is 6.22. The number of hydrogen-bond acceptors (Lipinski definition) is 3. The molecule has 30 heavy (non-hydrogen) atoms. The Bertz CT molecular complexity index is 1180. The molecule has 0 radical (unpaired) electrons. The molecule has 1 amide bonds. The third-order valence-electron chi connectivity index (χ3n) is 5.06. The monoisotopic (exact) mass is 410 g/mol. The zero-order chi connectivity index (χ0) is 21.6. The van der Waals surface area contributed by atoms with Gasteiger partial charge in [-0.25, -0.2) is 0 Å². The molecule has 152 valence electrons. The molecule has 1 N–H and O–H groups in total. The molecule has 3 aromatic carbocycles. The average molecular weight is 410 g/mol. The van der Waals surface area contributed by atoms with Gasteiger partial charge in [0, 0.05) is 36.5 Å². The van der Waals surface area contributed by atoms with E-state index >= 15 is 0 Å². The summed E-state index contributed by atoms with van der Waals surface area (Å²) in [4.78, 5) is 26.9. The number of amides is 1. The molecular weight excluding hydrogens is 393 g/mol. The van der Waals surface area contributed by atoms with E-state index in [1.807, 2.05) is 12.1 Å². The highest BCUT2D eigenvalue weighted by Crippen LogP contribution is 2.38. The Morgan fingerprint density at radius 2 is 1.53 bits per heavy atom. The maximum absolute atomic E-state index is 13.5. The summed E-state index contributed by atoms with van der Waals surface area (Å²) in [6.07, 6.45) is -4.63. The summed E-state index contributed by atoms with van der Waals surface area (Å²) < 4.78 is 40.5. The van der Waals surface area contributed by atoms with E-state index in [1.54, 1.807) is 37.2 Å². The summed E-state index contributed by atoms with van der Waals surface area (Å²) in [6.45, 7) is 0. The number of anilines is 2. The largest absolute Gasteiger partial charge is 0.418 e. The molecule has 0 atom stereocenters. The molecule has 7 heteroatoms. The molecule has 1 aliphatic rings. The smallest absolute Gasteiger partial charge is 0.378 e. The van der Waals surface area contributed by atoms with Crippen molar-refractivity contribution in [2.24, 2.45) is 0 Å². The lowest BCUT2D eigenvalue weighted by Crippen LogP contribution is -2.18. The van der Waals surface area contributed by atoms with Crippen LogP contribution < -0.4 is 10.2 Å². The zero-order valence-electron chi connectivity index (χ0n) is 16.2. The Morgan fingerprint density at radius 3 is 2.20 bits per heavy atom. The van der Waals surface area contributed by atoms with Crippen molar-refractivity contribution >= 4 is 23.1 Å². The standard InChI is InChI=1S/C23H17F3N2O2/c1-28(2)14-8-10-20(19(12-14)23(24,25)26)27-22(30)13-7-9-16-15-5-3-4-6-17(15)21(29)18(16)11-13/h3-12H,1-2H3,(H,27,30). The maximum Gasteiger partial charge on any atom is 0.418 e. The average Bonchev–Trinajstić information content (AvgIpc) is 2.99. The molecule has 4 rings (SSSR count). The van der Waals surface area contributed by atoms with Gasteiger partial charge in [-0.15, -0.1) is 0 Å². The predicted octanol–water partition coefficient (Wildman–Crippen LogP) is 5.24. The van der Waals surface area contributed by atoms with Gasteiger partial charge in [0.2, 0.25) is 0 Å². The molecule has 0 heterocycles. The van der Waals surface area contributed by atoms with Crippen LogP contribution in [0.2, 0.25) is 0 Å². The molecule has 0 unspecified atom stereocenters. The predicted molar refractivity (Wildman–Crippen MR) is 109 cm³/mol. The fourth-order valence-electron chi connectivity index (χ4n) is 3.52. The Morgan fingerprint density at radius 1 is 0.867 bits per heavy atom. The van der Waals surface area contributed by atoms with Crippen LogP contribution in [0, 0.1) is 0 Å². The molecule has 0 saturated heterocycles. The van der Waals surface area contributed by atoms with Gasteiger partial charge in [0.1, 0.15) is 0 Å². The number of ketones is 1. The number of hydrogen-bond donors (Lipinski definition) is 1. The number of alkyl halides is 3. The van der Waals surface area contributed by atoms with Crippen LogP contribution in [0.5, 0.6) is 0 Å². The second-order valence-electron chi connectivity index (χ2n) is 7.21. The lowest BCUT2D eigenvalue weighted by molar-refractivity contribution is -0.136.